The minimum Gasteiger partial charge on any atom is -0.391 e. The van der Waals surface area contributed by atoms with Crippen LogP contribution in [0.25, 0.3) is 0 Å². The van der Waals surface area contributed by atoms with Crippen LogP contribution in [0.2, 0.25) is 0 Å². The number of ether oxygens (including phenoxy) is 1. The molecule has 0 aromatic carbocycles. The molecule has 3 nitrogen and oxygen atoms in total. The monoisotopic (exact) mass is 217 g/mol. The second-order valence-corrected chi connectivity index (χ2v) is 4.58. The molecule has 1 N–H and O–H groups in total. The van der Waals surface area contributed by atoms with Crippen LogP contribution in [0.3, 0.4) is 0 Å². The summed E-state index contributed by atoms with van der Waals surface area (Å²) in [5.41, 5.74) is 0. The molecule has 14 heavy (non-hydrogen) atoms. The highest BCUT2D eigenvalue weighted by Gasteiger charge is 2.15. The molecule has 82 valence electrons. The summed E-state index contributed by atoms with van der Waals surface area (Å²) in [7, 11) is 0. The number of nitriles is 1. The molecule has 0 radical (unpaired) electrons. The summed E-state index contributed by atoms with van der Waals surface area (Å²) in [6.45, 7) is 5.53. The van der Waals surface area contributed by atoms with Crippen LogP contribution in [0.4, 0.5) is 0 Å². The van der Waals surface area contributed by atoms with E-state index in [0.717, 1.165) is 17.9 Å². The zero-order valence-corrected chi connectivity index (χ0v) is 9.88. The average molecular weight is 217 g/mol. The highest BCUT2D eigenvalue weighted by molar-refractivity contribution is 7.99. The zero-order chi connectivity index (χ0) is 11.0. The molecular weight excluding hydrogens is 198 g/mol. The standard InChI is InChI=1S/C10H19NO2S/c1-4-14-6-5-10(7-11)13-9(3)8(2)12/h8-10,12H,4-6H2,1-3H3. The third-order valence-electron chi connectivity index (χ3n) is 1.93. The molecule has 0 amide bonds. The second kappa shape index (κ2) is 8.10. The second-order valence-electron chi connectivity index (χ2n) is 3.19. The van der Waals surface area contributed by atoms with Gasteiger partial charge in [0.1, 0.15) is 6.10 Å². The number of rotatable bonds is 7. The van der Waals surface area contributed by atoms with Gasteiger partial charge in [0.25, 0.3) is 0 Å². The van der Waals surface area contributed by atoms with E-state index in [-0.39, 0.29) is 6.10 Å². The molecule has 0 bridgehead atoms. The Bertz CT molecular complexity index is 179. The van der Waals surface area contributed by atoms with Gasteiger partial charge in [-0.25, -0.2) is 0 Å². The van der Waals surface area contributed by atoms with Crippen LogP contribution in [0.5, 0.6) is 0 Å². The highest BCUT2D eigenvalue weighted by Crippen LogP contribution is 2.10. The predicted molar refractivity (Wildman–Crippen MR) is 59.2 cm³/mol. The maximum Gasteiger partial charge on any atom is 0.145 e. The van der Waals surface area contributed by atoms with Gasteiger partial charge in [0, 0.05) is 0 Å². The molecule has 0 heterocycles. The van der Waals surface area contributed by atoms with E-state index in [0.29, 0.717) is 0 Å². The molecule has 3 atom stereocenters. The molecule has 0 spiro atoms. The lowest BCUT2D eigenvalue weighted by atomic mass is 10.2. The van der Waals surface area contributed by atoms with Crippen molar-refractivity contribution in [1.82, 2.24) is 0 Å². The number of nitrogens with zero attached hydrogens (tertiary/aromatic N) is 1. The largest absolute Gasteiger partial charge is 0.391 e. The Morgan fingerprint density at radius 2 is 2.14 bits per heavy atom. The molecule has 0 rings (SSSR count). The highest BCUT2D eigenvalue weighted by atomic mass is 32.2. The molecule has 0 aliphatic carbocycles. The van der Waals surface area contributed by atoms with Crippen molar-refractivity contribution < 1.29 is 9.84 Å². The van der Waals surface area contributed by atoms with Crippen molar-refractivity contribution in [1.29, 1.82) is 5.26 Å². The van der Waals surface area contributed by atoms with Crippen LogP contribution in [-0.2, 0) is 4.74 Å². The van der Waals surface area contributed by atoms with E-state index in [1.54, 1.807) is 25.6 Å². The van der Waals surface area contributed by atoms with Gasteiger partial charge < -0.3 is 9.84 Å². The van der Waals surface area contributed by atoms with Crippen LogP contribution >= 0.6 is 11.8 Å². The van der Waals surface area contributed by atoms with Gasteiger partial charge in [-0.3, -0.25) is 0 Å². The van der Waals surface area contributed by atoms with Crippen LogP contribution in [0.15, 0.2) is 0 Å². The quantitative estimate of drug-likeness (QED) is 0.661. The van der Waals surface area contributed by atoms with Gasteiger partial charge in [-0.1, -0.05) is 6.92 Å². The molecule has 0 aliphatic rings. The Hall–Kier alpha value is -0.240. The van der Waals surface area contributed by atoms with E-state index in [4.69, 9.17) is 10.00 Å². The van der Waals surface area contributed by atoms with Gasteiger partial charge in [-0.05, 0) is 31.8 Å². The van der Waals surface area contributed by atoms with Crippen LogP contribution in [0.1, 0.15) is 27.2 Å². The molecule has 3 unspecified atom stereocenters. The first kappa shape index (κ1) is 13.8. The number of thioether (sulfide) groups is 1. The maximum atomic E-state index is 9.20. The Kier molecular flexibility index (Phi) is 7.96. The number of hydrogen-bond acceptors (Lipinski definition) is 4. The van der Waals surface area contributed by atoms with Gasteiger partial charge in [0.15, 0.2) is 0 Å². The summed E-state index contributed by atoms with van der Waals surface area (Å²) in [5, 5.41) is 18.0. The summed E-state index contributed by atoms with van der Waals surface area (Å²) < 4.78 is 5.38. The van der Waals surface area contributed by atoms with Gasteiger partial charge in [-0.2, -0.15) is 17.0 Å². The fraction of sp³-hybridized carbons (Fsp3) is 0.900. The summed E-state index contributed by atoms with van der Waals surface area (Å²) >= 11 is 1.79. The Morgan fingerprint density at radius 1 is 1.50 bits per heavy atom. The summed E-state index contributed by atoms with van der Waals surface area (Å²) in [4.78, 5) is 0. The van der Waals surface area contributed by atoms with Crippen molar-refractivity contribution in [3.63, 3.8) is 0 Å². The van der Waals surface area contributed by atoms with Gasteiger partial charge in [0.2, 0.25) is 0 Å². The SMILES string of the molecule is CCSCCC(C#N)OC(C)C(C)O. The van der Waals surface area contributed by atoms with Crippen molar-refractivity contribution in [3.8, 4) is 6.07 Å². The molecular formula is C10H19NO2S. The molecule has 0 saturated carbocycles. The van der Waals surface area contributed by atoms with E-state index in [9.17, 15) is 5.11 Å². The van der Waals surface area contributed by atoms with Gasteiger partial charge in [0.05, 0.1) is 18.3 Å². The zero-order valence-electron chi connectivity index (χ0n) is 9.06. The first-order valence-corrected chi connectivity index (χ1v) is 6.08. The third-order valence-corrected chi connectivity index (χ3v) is 2.86. The van der Waals surface area contributed by atoms with E-state index < -0.39 is 12.2 Å². The van der Waals surface area contributed by atoms with Crippen molar-refractivity contribution in [2.45, 2.75) is 45.5 Å². The van der Waals surface area contributed by atoms with Crippen LogP contribution in [0, 0.1) is 11.3 Å². The van der Waals surface area contributed by atoms with Crippen molar-refractivity contribution in [3.05, 3.63) is 0 Å². The molecule has 0 saturated heterocycles. The number of aliphatic hydroxyl groups excluding tert-OH is 1. The first-order valence-electron chi connectivity index (χ1n) is 4.92. The fourth-order valence-electron chi connectivity index (χ4n) is 0.871. The van der Waals surface area contributed by atoms with E-state index in [2.05, 4.69) is 13.0 Å². The Morgan fingerprint density at radius 3 is 2.57 bits per heavy atom. The number of aliphatic hydroxyl groups is 1. The average Bonchev–Trinajstić information content (AvgIpc) is 2.16. The maximum absolute atomic E-state index is 9.20. The van der Waals surface area contributed by atoms with Crippen LogP contribution in [-0.4, -0.2) is 34.9 Å². The summed E-state index contributed by atoms with van der Waals surface area (Å²) in [6, 6.07) is 2.10. The van der Waals surface area contributed by atoms with Crippen molar-refractivity contribution in [2.75, 3.05) is 11.5 Å². The van der Waals surface area contributed by atoms with Crippen molar-refractivity contribution >= 4 is 11.8 Å². The van der Waals surface area contributed by atoms with E-state index in [1.165, 1.54) is 0 Å². The van der Waals surface area contributed by atoms with Gasteiger partial charge >= 0.3 is 0 Å². The minimum absolute atomic E-state index is 0.272. The van der Waals surface area contributed by atoms with Crippen LogP contribution < -0.4 is 0 Å². The fourth-order valence-corrected chi connectivity index (χ4v) is 1.54. The lowest BCUT2D eigenvalue weighted by Gasteiger charge is -2.19. The minimum atomic E-state index is -0.523. The number of hydrogen-bond donors (Lipinski definition) is 1. The van der Waals surface area contributed by atoms with E-state index >= 15 is 0 Å². The van der Waals surface area contributed by atoms with Gasteiger partial charge in [-0.15, -0.1) is 0 Å². The predicted octanol–water partition coefficient (Wildman–Crippen LogP) is 1.81. The third kappa shape index (κ3) is 6.25. The Labute approximate surface area is 90.4 Å². The molecule has 0 aromatic rings. The molecule has 4 heteroatoms. The first-order chi connectivity index (χ1) is 6.61. The normalized spacial score (nSPS) is 17.1. The van der Waals surface area contributed by atoms with E-state index in [1.807, 2.05) is 0 Å². The lowest BCUT2D eigenvalue weighted by Crippen LogP contribution is -2.28. The Balaban J connectivity index is 3.74. The molecule has 0 aliphatic heterocycles. The van der Waals surface area contributed by atoms with Crippen molar-refractivity contribution in [2.24, 2.45) is 0 Å². The summed E-state index contributed by atoms with van der Waals surface area (Å²) in [5.74, 6) is 1.99. The molecule has 0 aromatic heterocycles. The molecule has 0 fully saturated rings. The smallest absolute Gasteiger partial charge is 0.145 e. The summed E-state index contributed by atoms with van der Waals surface area (Å²) in [6.07, 6.45) is -0.457. The topological polar surface area (TPSA) is 53.2 Å². The lowest BCUT2D eigenvalue weighted by molar-refractivity contribution is -0.0418.